The number of nitrogens with zero attached hydrogens (tertiary/aromatic N) is 2. The van der Waals surface area contributed by atoms with Crippen LogP contribution in [-0.2, 0) is 32.5 Å². The van der Waals surface area contributed by atoms with Crippen LogP contribution in [0, 0.1) is 11.3 Å². The topological polar surface area (TPSA) is 66.9 Å². The van der Waals surface area contributed by atoms with Gasteiger partial charge in [-0.25, -0.2) is 8.42 Å². The molecule has 5 rings (SSSR count). The number of fused-ring (bicyclic) bond motifs is 1. The predicted octanol–water partition coefficient (Wildman–Crippen LogP) is 1.78. The van der Waals surface area contributed by atoms with Gasteiger partial charge in [0, 0.05) is 32.1 Å². The second-order valence-corrected chi connectivity index (χ2v) is 10.4. The van der Waals surface area contributed by atoms with Crippen molar-refractivity contribution in [3.05, 3.63) is 29.3 Å². The van der Waals surface area contributed by atoms with Gasteiger partial charge in [-0.15, -0.1) is 0 Å². The van der Waals surface area contributed by atoms with E-state index in [0.717, 1.165) is 24.0 Å². The number of rotatable bonds is 3. The van der Waals surface area contributed by atoms with Crippen molar-refractivity contribution in [1.82, 2.24) is 9.21 Å². The maximum absolute atomic E-state index is 12.9. The Morgan fingerprint density at radius 2 is 1.89 bits per heavy atom. The number of hydrogen-bond acceptors (Lipinski definition) is 4. The van der Waals surface area contributed by atoms with E-state index in [-0.39, 0.29) is 5.92 Å². The minimum Gasteiger partial charge on any atom is -0.379 e. The molecule has 2 aliphatic carbocycles. The SMILES string of the molecule is O=C([C@H]1CC12CCC2)N1CCc2cc(S(=O)(=O)N3CCOCC3)ccc2C1. The zero-order valence-electron chi connectivity index (χ0n) is 15.5. The van der Waals surface area contributed by atoms with Crippen molar-refractivity contribution in [2.24, 2.45) is 11.3 Å². The van der Waals surface area contributed by atoms with Crippen molar-refractivity contribution in [3.8, 4) is 0 Å². The van der Waals surface area contributed by atoms with E-state index in [1.54, 1.807) is 6.07 Å². The smallest absolute Gasteiger partial charge is 0.243 e. The average molecular weight is 391 g/mol. The summed E-state index contributed by atoms with van der Waals surface area (Å²) in [7, 11) is -3.47. The molecule has 0 aromatic heterocycles. The molecule has 2 aliphatic heterocycles. The summed E-state index contributed by atoms with van der Waals surface area (Å²) >= 11 is 0. The molecule has 3 fully saturated rings. The largest absolute Gasteiger partial charge is 0.379 e. The van der Waals surface area contributed by atoms with E-state index in [9.17, 15) is 13.2 Å². The quantitative estimate of drug-likeness (QED) is 0.789. The van der Waals surface area contributed by atoms with Gasteiger partial charge in [-0.05, 0) is 54.4 Å². The lowest BCUT2D eigenvalue weighted by Crippen LogP contribution is -2.41. The number of ether oxygens (including phenoxy) is 1. The first-order valence-corrected chi connectivity index (χ1v) is 11.4. The molecule has 1 amide bonds. The monoisotopic (exact) mass is 390 g/mol. The Morgan fingerprint density at radius 1 is 1.11 bits per heavy atom. The van der Waals surface area contributed by atoms with E-state index in [0.29, 0.717) is 55.6 Å². The molecule has 0 N–H and O–H groups in total. The molecule has 1 aromatic carbocycles. The number of benzene rings is 1. The molecule has 1 spiro atoms. The molecule has 2 saturated carbocycles. The van der Waals surface area contributed by atoms with Crippen LogP contribution < -0.4 is 0 Å². The molecular formula is C20H26N2O4S. The number of morpholine rings is 1. The highest BCUT2D eigenvalue weighted by Gasteiger charge is 2.61. The fraction of sp³-hybridized carbons (Fsp3) is 0.650. The van der Waals surface area contributed by atoms with Crippen LogP contribution in [0.25, 0.3) is 0 Å². The molecule has 27 heavy (non-hydrogen) atoms. The third kappa shape index (κ3) is 2.91. The Bertz CT molecular complexity index is 872. The Hall–Kier alpha value is -1.44. The standard InChI is InChI=1S/C20H26N2O4S/c23-19(18-13-20(18)5-1-6-20)21-7-4-15-12-17(3-2-16(15)14-21)27(24,25)22-8-10-26-11-9-22/h2-3,12,18H,1,4-11,13-14H2/t18-/m1/s1. The lowest BCUT2D eigenvalue weighted by atomic mass is 9.79. The molecule has 7 heteroatoms. The van der Waals surface area contributed by atoms with Crippen LogP contribution in [0.4, 0.5) is 0 Å². The fourth-order valence-electron chi connectivity index (χ4n) is 4.91. The maximum Gasteiger partial charge on any atom is 0.243 e. The molecule has 4 aliphatic rings. The minimum absolute atomic E-state index is 0.244. The fourth-order valence-corrected chi connectivity index (χ4v) is 6.37. The highest BCUT2D eigenvalue weighted by molar-refractivity contribution is 7.89. The van der Waals surface area contributed by atoms with Gasteiger partial charge in [-0.3, -0.25) is 4.79 Å². The number of hydrogen-bond donors (Lipinski definition) is 0. The van der Waals surface area contributed by atoms with Gasteiger partial charge >= 0.3 is 0 Å². The number of amides is 1. The third-order valence-corrected chi connectivity index (χ3v) is 8.84. The van der Waals surface area contributed by atoms with Crippen molar-refractivity contribution in [2.75, 3.05) is 32.8 Å². The second kappa shape index (κ2) is 6.29. The van der Waals surface area contributed by atoms with E-state index in [1.807, 2.05) is 17.0 Å². The maximum atomic E-state index is 12.9. The van der Waals surface area contributed by atoms with Crippen molar-refractivity contribution in [2.45, 2.75) is 43.5 Å². The summed E-state index contributed by atoms with van der Waals surface area (Å²) in [6, 6.07) is 5.41. The van der Waals surface area contributed by atoms with E-state index in [1.165, 1.54) is 23.6 Å². The molecule has 0 bridgehead atoms. The van der Waals surface area contributed by atoms with Gasteiger partial charge in [0.2, 0.25) is 15.9 Å². The third-order valence-electron chi connectivity index (χ3n) is 6.95. The Morgan fingerprint density at radius 3 is 2.56 bits per heavy atom. The summed E-state index contributed by atoms with van der Waals surface area (Å²) in [6.07, 6.45) is 5.51. The van der Waals surface area contributed by atoms with Crippen LogP contribution in [0.5, 0.6) is 0 Å². The van der Waals surface area contributed by atoms with Gasteiger partial charge in [0.15, 0.2) is 0 Å². The molecule has 146 valence electrons. The molecule has 0 radical (unpaired) electrons. The Balaban J connectivity index is 1.31. The summed E-state index contributed by atoms with van der Waals surface area (Å²) in [5.41, 5.74) is 2.49. The molecule has 1 atom stereocenters. The van der Waals surface area contributed by atoms with Gasteiger partial charge in [0.25, 0.3) is 0 Å². The summed E-state index contributed by atoms with van der Waals surface area (Å²) in [5.74, 6) is 0.555. The molecule has 1 saturated heterocycles. The predicted molar refractivity (Wildman–Crippen MR) is 99.5 cm³/mol. The van der Waals surface area contributed by atoms with Gasteiger partial charge in [0.1, 0.15) is 0 Å². The number of sulfonamides is 1. The summed E-state index contributed by atoms with van der Waals surface area (Å²) in [5, 5.41) is 0. The van der Waals surface area contributed by atoms with Gasteiger partial charge in [-0.2, -0.15) is 4.31 Å². The first-order valence-electron chi connectivity index (χ1n) is 9.98. The van der Waals surface area contributed by atoms with Crippen molar-refractivity contribution in [1.29, 1.82) is 0 Å². The van der Waals surface area contributed by atoms with E-state index < -0.39 is 10.0 Å². The minimum atomic E-state index is -3.47. The molecule has 0 unspecified atom stereocenters. The van der Waals surface area contributed by atoms with Crippen molar-refractivity contribution in [3.63, 3.8) is 0 Å². The van der Waals surface area contributed by atoms with Gasteiger partial charge in [-0.1, -0.05) is 12.5 Å². The zero-order chi connectivity index (χ0) is 18.6. The van der Waals surface area contributed by atoms with E-state index in [4.69, 9.17) is 4.74 Å². The van der Waals surface area contributed by atoms with Gasteiger partial charge < -0.3 is 9.64 Å². The summed E-state index contributed by atoms with van der Waals surface area (Å²) < 4.78 is 32.5. The molecule has 1 aromatic rings. The van der Waals surface area contributed by atoms with Crippen LogP contribution in [0.15, 0.2) is 23.1 Å². The Kier molecular flexibility index (Phi) is 4.11. The number of carbonyl (C=O) groups is 1. The van der Waals surface area contributed by atoms with Gasteiger partial charge in [0.05, 0.1) is 18.1 Å². The molecular weight excluding hydrogens is 364 g/mol. The highest BCUT2D eigenvalue weighted by Crippen LogP contribution is 2.66. The van der Waals surface area contributed by atoms with E-state index in [2.05, 4.69) is 0 Å². The second-order valence-electron chi connectivity index (χ2n) is 8.43. The average Bonchev–Trinajstić information content (AvgIpc) is 3.44. The van der Waals surface area contributed by atoms with Crippen LogP contribution in [0.2, 0.25) is 0 Å². The highest BCUT2D eigenvalue weighted by atomic mass is 32.2. The molecule has 6 nitrogen and oxygen atoms in total. The van der Waals surface area contributed by atoms with E-state index >= 15 is 0 Å². The van der Waals surface area contributed by atoms with Crippen LogP contribution in [-0.4, -0.2) is 56.4 Å². The number of carbonyl (C=O) groups excluding carboxylic acids is 1. The van der Waals surface area contributed by atoms with Crippen LogP contribution >= 0.6 is 0 Å². The normalized spacial score (nSPS) is 27.1. The summed E-state index contributed by atoms with van der Waals surface area (Å²) in [4.78, 5) is 15.2. The Labute approximate surface area is 160 Å². The molecule has 2 heterocycles. The van der Waals surface area contributed by atoms with Crippen LogP contribution in [0.1, 0.15) is 36.8 Å². The van der Waals surface area contributed by atoms with Crippen LogP contribution in [0.3, 0.4) is 0 Å². The zero-order valence-corrected chi connectivity index (χ0v) is 16.3. The van der Waals surface area contributed by atoms with Crippen molar-refractivity contribution < 1.29 is 17.9 Å². The first-order chi connectivity index (χ1) is 13.0. The first kappa shape index (κ1) is 17.6. The lowest BCUT2D eigenvalue weighted by molar-refractivity contribution is -0.134. The lowest BCUT2D eigenvalue weighted by Gasteiger charge is -2.32. The van der Waals surface area contributed by atoms with Crippen molar-refractivity contribution >= 4 is 15.9 Å². The summed E-state index contributed by atoms with van der Waals surface area (Å²) in [6.45, 7) is 3.02.